The summed E-state index contributed by atoms with van der Waals surface area (Å²) in [5, 5.41) is 6.80. The SMILES string of the molecule is COc1ccc(Cl)cc1Nc1cc(Nc2ccc(F)cc2)ncn1. The summed E-state index contributed by atoms with van der Waals surface area (Å²) in [4.78, 5) is 8.32. The first kappa shape index (κ1) is 16.0. The molecule has 0 saturated carbocycles. The minimum absolute atomic E-state index is 0.293. The maximum absolute atomic E-state index is 12.9. The van der Waals surface area contributed by atoms with Crippen molar-refractivity contribution in [2.75, 3.05) is 17.7 Å². The quantitative estimate of drug-likeness (QED) is 0.698. The first-order valence-electron chi connectivity index (χ1n) is 7.09. The lowest BCUT2D eigenvalue weighted by atomic mass is 10.3. The van der Waals surface area contributed by atoms with Gasteiger partial charge in [0.15, 0.2) is 0 Å². The maximum Gasteiger partial charge on any atom is 0.142 e. The number of methoxy groups -OCH3 is 1. The molecule has 0 aliphatic carbocycles. The molecule has 0 aliphatic rings. The molecule has 122 valence electrons. The number of ether oxygens (including phenoxy) is 1. The Bertz CT molecular complexity index is 842. The second kappa shape index (κ2) is 7.14. The largest absolute Gasteiger partial charge is 0.495 e. The summed E-state index contributed by atoms with van der Waals surface area (Å²) in [5.74, 6) is 1.49. The zero-order chi connectivity index (χ0) is 16.9. The smallest absolute Gasteiger partial charge is 0.142 e. The highest BCUT2D eigenvalue weighted by molar-refractivity contribution is 6.31. The highest BCUT2D eigenvalue weighted by atomic mass is 35.5. The van der Waals surface area contributed by atoms with Crippen LogP contribution in [0.1, 0.15) is 0 Å². The number of nitrogens with zero attached hydrogens (tertiary/aromatic N) is 2. The molecule has 3 rings (SSSR count). The molecule has 24 heavy (non-hydrogen) atoms. The van der Waals surface area contributed by atoms with Crippen LogP contribution in [0.4, 0.5) is 27.4 Å². The van der Waals surface area contributed by atoms with Gasteiger partial charge < -0.3 is 15.4 Å². The van der Waals surface area contributed by atoms with Crippen molar-refractivity contribution in [1.29, 1.82) is 0 Å². The first-order chi connectivity index (χ1) is 11.6. The van der Waals surface area contributed by atoms with E-state index in [1.165, 1.54) is 18.5 Å². The third-order valence-corrected chi connectivity index (χ3v) is 3.44. The van der Waals surface area contributed by atoms with E-state index in [4.69, 9.17) is 16.3 Å². The predicted octanol–water partition coefficient (Wildman–Crippen LogP) is 4.76. The third kappa shape index (κ3) is 3.91. The van der Waals surface area contributed by atoms with Gasteiger partial charge in [-0.05, 0) is 42.5 Å². The van der Waals surface area contributed by atoms with Gasteiger partial charge in [0.1, 0.15) is 29.5 Å². The van der Waals surface area contributed by atoms with Gasteiger partial charge in [-0.25, -0.2) is 14.4 Å². The van der Waals surface area contributed by atoms with Crippen LogP contribution in [-0.4, -0.2) is 17.1 Å². The van der Waals surface area contributed by atoms with Crippen LogP contribution < -0.4 is 15.4 Å². The maximum atomic E-state index is 12.9. The van der Waals surface area contributed by atoms with E-state index >= 15 is 0 Å². The number of benzene rings is 2. The molecule has 3 aromatic rings. The summed E-state index contributed by atoms with van der Waals surface area (Å²) in [6.45, 7) is 0. The fourth-order valence-electron chi connectivity index (χ4n) is 2.09. The minimum Gasteiger partial charge on any atom is -0.495 e. The highest BCUT2D eigenvalue weighted by Gasteiger charge is 2.06. The second-order valence-electron chi connectivity index (χ2n) is 4.89. The van der Waals surface area contributed by atoms with Gasteiger partial charge in [-0.2, -0.15) is 0 Å². The van der Waals surface area contributed by atoms with Crippen molar-refractivity contribution in [2.45, 2.75) is 0 Å². The normalized spacial score (nSPS) is 10.3. The number of aromatic nitrogens is 2. The van der Waals surface area contributed by atoms with Gasteiger partial charge in [-0.1, -0.05) is 11.6 Å². The van der Waals surface area contributed by atoms with Crippen molar-refractivity contribution >= 4 is 34.6 Å². The van der Waals surface area contributed by atoms with Crippen LogP contribution >= 0.6 is 11.6 Å². The Hall–Kier alpha value is -2.86. The molecule has 5 nitrogen and oxygen atoms in total. The summed E-state index contributed by atoms with van der Waals surface area (Å²) in [7, 11) is 1.58. The van der Waals surface area contributed by atoms with Crippen molar-refractivity contribution in [3.8, 4) is 5.75 Å². The fraction of sp³-hybridized carbons (Fsp3) is 0.0588. The molecule has 1 heterocycles. The lowest BCUT2D eigenvalue weighted by Gasteiger charge is -2.12. The van der Waals surface area contributed by atoms with E-state index in [1.54, 1.807) is 43.5 Å². The van der Waals surface area contributed by atoms with Gasteiger partial charge >= 0.3 is 0 Å². The van der Waals surface area contributed by atoms with Crippen molar-refractivity contribution in [3.05, 3.63) is 65.7 Å². The number of rotatable bonds is 5. The summed E-state index contributed by atoms with van der Waals surface area (Å²) in [6.07, 6.45) is 1.42. The van der Waals surface area contributed by atoms with E-state index in [9.17, 15) is 4.39 Å². The lowest BCUT2D eigenvalue weighted by molar-refractivity contribution is 0.417. The van der Waals surface area contributed by atoms with Crippen LogP contribution in [0.2, 0.25) is 5.02 Å². The molecule has 0 spiro atoms. The Morgan fingerprint density at radius 2 is 1.67 bits per heavy atom. The zero-order valence-electron chi connectivity index (χ0n) is 12.8. The Labute approximate surface area is 143 Å². The molecule has 7 heteroatoms. The fourth-order valence-corrected chi connectivity index (χ4v) is 2.26. The third-order valence-electron chi connectivity index (χ3n) is 3.21. The summed E-state index contributed by atoms with van der Waals surface area (Å²) in [6, 6.07) is 13.0. The van der Waals surface area contributed by atoms with Crippen LogP contribution in [0.15, 0.2) is 54.9 Å². The van der Waals surface area contributed by atoms with Crippen LogP contribution in [0.3, 0.4) is 0 Å². The second-order valence-corrected chi connectivity index (χ2v) is 5.33. The van der Waals surface area contributed by atoms with Crippen LogP contribution in [0.25, 0.3) is 0 Å². The number of halogens is 2. The molecule has 0 unspecified atom stereocenters. The van der Waals surface area contributed by atoms with E-state index < -0.39 is 0 Å². The molecule has 2 aromatic carbocycles. The van der Waals surface area contributed by atoms with Crippen molar-refractivity contribution in [3.63, 3.8) is 0 Å². The first-order valence-corrected chi connectivity index (χ1v) is 7.47. The van der Waals surface area contributed by atoms with E-state index in [0.717, 1.165) is 5.69 Å². The zero-order valence-corrected chi connectivity index (χ0v) is 13.5. The average Bonchev–Trinajstić information content (AvgIpc) is 2.58. The standard InChI is InChI=1S/C17H14ClFN4O/c1-24-15-7-2-11(18)8-14(15)23-17-9-16(20-10-21-17)22-13-5-3-12(19)4-6-13/h2-10H,1H3,(H2,20,21,22,23). The molecule has 0 amide bonds. The van der Waals surface area contributed by atoms with Crippen LogP contribution in [0.5, 0.6) is 5.75 Å². The molecular formula is C17H14ClFN4O. The molecule has 0 fully saturated rings. The Morgan fingerprint density at radius 1 is 0.958 bits per heavy atom. The van der Waals surface area contributed by atoms with E-state index in [0.29, 0.717) is 28.1 Å². The van der Waals surface area contributed by atoms with Gasteiger partial charge in [0.05, 0.1) is 12.8 Å². The lowest BCUT2D eigenvalue weighted by Crippen LogP contribution is -2.00. The van der Waals surface area contributed by atoms with Crippen molar-refractivity contribution in [1.82, 2.24) is 9.97 Å². The molecular weight excluding hydrogens is 331 g/mol. The molecule has 2 N–H and O–H groups in total. The summed E-state index contributed by atoms with van der Waals surface area (Å²) >= 11 is 6.02. The number of hydrogen-bond donors (Lipinski definition) is 2. The summed E-state index contributed by atoms with van der Waals surface area (Å²) in [5.41, 5.74) is 1.41. The van der Waals surface area contributed by atoms with Gasteiger partial charge in [0.2, 0.25) is 0 Å². The predicted molar refractivity (Wildman–Crippen MR) is 93.0 cm³/mol. The van der Waals surface area contributed by atoms with E-state index in [-0.39, 0.29) is 5.82 Å². The number of hydrogen-bond acceptors (Lipinski definition) is 5. The molecule has 0 saturated heterocycles. The van der Waals surface area contributed by atoms with Crippen LogP contribution in [-0.2, 0) is 0 Å². The van der Waals surface area contributed by atoms with Crippen LogP contribution in [0, 0.1) is 5.82 Å². The summed E-state index contributed by atoms with van der Waals surface area (Å²) < 4.78 is 18.2. The van der Waals surface area contributed by atoms with Gasteiger partial charge in [-0.3, -0.25) is 0 Å². The monoisotopic (exact) mass is 344 g/mol. The molecule has 0 atom stereocenters. The highest BCUT2D eigenvalue weighted by Crippen LogP contribution is 2.30. The van der Waals surface area contributed by atoms with Crippen molar-refractivity contribution < 1.29 is 9.13 Å². The topological polar surface area (TPSA) is 59.1 Å². The molecule has 0 radical (unpaired) electrons. The Kier molecular flexibility index (Phi) is 4.77. The number of nitrogens with one attached hydrogen (secondary N) is 2. The van der Waals surface area contributed by atoms with E-state index in [1.807, 2.05) is 0 Å². The van der Waals surface area contributed by atoms with Gasteiger partial charge in [0.25, 0.3) is 0 Å². The van der Waals surface area contributed by atoms with E-state index in [2.05, 4.69) is 20.6 Å². The molecule has 1 aromatic heterocycles. The number of anilines is 4. The Balaban J connectivity index is 1.80. The minimum atomic E-state index is -0.293. The average molecular weight is 345 g/mol. The van der Waals surface area contributed by atoms with Gasteiger partial charge in [0, 0.05) is 16.8 Å². The molecule has 0 aliphatic heterocycles. The Morgan fingerprint density at radius 3 is 2.38 bits per heavy atom. The van der Waals surface area contributed by atoms with Crippen molar-refractivity contribution in [2.24, 2.45) is 0 Å². The van der Waals surface area contributed by atoms with Gasteiger partial charge in [-0.15, -0.1) is 0 Å². The molecule has 0 bridgehead atoms.